The first-order valence-corrected chi connectivity index (χ1v) is 3.71. The van der Waals surface area contributed by atoms with Crippen LogP contribution < -0.4 is 5.32 Å². The number of fused-ring (bicyclic) bond motifs is 1. The minimum absolute atomic E-state index is 0.627. The number of hydrogen-bond acceptors (Lipinski definition) is 2. The van der Waals surface area contributed by atoms with Gasteiger partial charge in [0.2, 0.25) is 0 Å². The molecule has 2 aliphatic heterocycles. The molecule has 9 heavy (non-hydrogen) atoms. The summed E-state index contributed by atoms with van der Waals surface area (Å²) in [5.74, 6) is 0. The molecule has 2 aliphatic rings. The molecule has 0 aromatic heterocycles. The molecule has 0 aromatic carbocycles. The van der Waals surface area contributed by atoms with Crippen molar-refractivity contribution in [2.45, 2.75) is 25.3 Å². The zero-order chi connectivity index (χ0) is 6.10. The van der Waals surface area contributed by atoms with Crippen molar-refractivity contribution in [3.05, 3.63) is 0 Å². The smallest absolute Gasteiger partial charge is 0.0624 e. The van der Waals surface area contributed by atoms with E-state index in [4.69, 9.17) is 0 Å². The Hall–Kier alpha value is -0.370. The van der Waals surface area contributed by atoms with Gasteiger partial charge in [0.05, 0.1) is 6.04 Å². The van der Waals surface area contributed by atoms with E-state index in [2.05, 4.69) is 10.3 Å². The highest BCUT2D eigenvalue weighted by Gasteiger charge is 2.18. The summed E-state index contributed by atoms with van der Waals surface area (Å²) in [7, 11) is 0. The van der Waals surface area contributed by atoms with Crippen LogP contribution in [0.2, 0.25) is 0 Å². The Morgan fingerprint density at radius 1 is 1.56 bits per heavy atom. The second kappa shape index (κ2) is 2.10. The second-order valence-corrected chi connectivity index (χ2v) is 2.87. The van der Waals surface area contributed by atoms with E-state index < -0.39 is 0 Å². The summed E-state index contributed by atoms with van der Waals surface area (Å²) in [6.07, 6.45) is 3.91. The third kappa shape index (κ3) is 0.990. The van der Waals surface area contributed by atoms with Crippen LogP contribution in [-0.4, -0.2) is 24.8 Å². The van der Waals surface area contributed by atoms with Crippen molar-refractivity contribution in [2.75, 3.05) is 13.1 Å². The van der Waals surface area contributed by atoms with Crippen LogP contribution in [0.3, 0.4) is 0 Å². The number of nitrogens with zero attached hydrogens (tertiary/aromatic N) is 1. The molecule has 0 aromatic rings. The number of hydrogen-bond donors (Lipinski definition) is 1. The fraction of sp³-hybridized carbons (Fsp3) is 0.857. The summed E-state index contributed by atoms with van der Waals surface area (Å²) in [6.45, 7) is 2.17. The summed E-state index contributed by atoms with van der Waals surface area (Å²) in [6, 6.07) is 0.627. The quantitative estimate of drug-likeness (QED) is 0.502. The molecule has 2 nitrogen and oxygen atoms in total. The Morgan fingerprint density at radius 2 is 2.56 bits per heavy atom. The molecule has 2 rings (SSSR count). The van der Waals surface area contributed by atoms with Gasteiger partial charge in [-0.3, -0.25) is 4.99 Å². The molecule has 0 saturated heterocycles. The predicted octanol–water partition coefficient (Wildman–Crippen LogP) is 0.583. The lowest BCUT2D eigenvalue weighted by Gasteiger charge is -2.25. The molecular weight excluding hydrogens is 112 g/mol. The molecular formula is C7H12N2. The first-order valence-electron chi connectivity index (χ1n) is 3.71. The molecule has 1 N–H and O–H groups in total. The van der Waals surface area contributed by atoms with Gasteiger partial charge in [0.15, 0.2) is 0 Å². The lowest BCUT2D eigenvalue weighted by molar-refractivity contribution is 0.502. The molecule has 0 spiro atoms. The SMILES string of the molecule is C1CC2=NC(C1)CNC2. The van der Waals surface area contributed by atoms with Gasteiger partial charge in [-0.15, -0.1) is 0 Å². The highest BCUT2D eigenvalue weighted by molar-refractivity contribution is 5.87. The first-order chi connectivity index (χ1) is 4.45. The lowest BCUT2D eigenvalue weighted by Crippen LogP contribution is -2.39. The highest BCUT2D eigenvalue weighted by atomic mass is 15.0. The number of rotatable bonds is 0. The van der Waals surface area contributed by atoms with E-state index in [1.54, 1.807) is 0 Å². The van der Waals surface area contributed by atoms with Gasteiger partial charge in [0.1, 0.15) is 0 Å². The van der Waals surface area contributed by atoms with E-state index >= 15 is 0 Å². The van der Waals surface area contributed by atoms with Crippen LogP contribution in [0.15, 0.2) is 4.99 Å². The second-order valence-electron chi connectivity index (χ2n) is 2.87. The normalized spacial score (nSPS) is 33.8. The van der Waals surface area contributed by atoms with E-state index in [0.717, 1.165) is 13.1 Å². The first kappa shape index (κ1) is 5.42. The van der Waals surface area contributed by atoms with Gasteiger partial charge in [-0.25, -0.2) is 0 Å². The summed E-state index contributed by atoms with van der Waals surface area (Å²) < 4.78 is 0. The Kier molecular flexibility index (Phi) is 1.27. The van der Waals surface area contributed by atoms with Crippen molar-refractivity contribution in [1.82, 2.24) is 5.32 Å². The molecule has 2 heteroatoms. The van der Waals surface area contributed by atoms with Crippen LogP contribution in [0.25, 0.3) is 0 Å². The van der Waals surface area contributed by atoms with Gasteiger partial charge in [-0.2, -0.15) is 0 Å². The fourth-order valence-electron chi connectivity index (χ4n) is 1.59. The average molecular weight is 124 g/mol. The summed E-state index contributed by atoms with van der Waals surface area (Å²) in [5, 5.41) is 3.36. The van der Waals surface area contributed by atoms with Gasteiger partial charge in [0.25, 0.3) is 0 Å². The molecule has 0 radical (unpaired) electrons. The molecule has 1 unspecified atom stereocenters. The zero-order valence-corrected chi connectivity index (χ0v) is 5.56. The average Bonchev–Trinajstić information content (AvgIpc) is 1.88. The standard InChI is InChI=1S/C7H12N2/c1-2-6-4-8-5-7(3-1)9-6/h6,8H,1-5H2. The molecule has 0 amide bonds. The van der Waals surface area contributed by atoms with Crippen LogP contribution >= 0.6 is 0 Å². The van der Waals surface area contributed by atoms with E-state index in [9.17, 15) is 0 Å². The van der Waals surface area contributed by atoms with Crippen molar-refractivity contribution in [3.63, 3.8) is 0 Å². The maximum Gasteiger partial charge on any atom is 0.0624 e. The van der Waals surface area contributed by atoms with Crippen molar-refractivity contribution >= 4 is 5.71 Å². The maximum absolute atomic E-state index is 4.54. The lowest BCUT2D eigenvalue weighted by atomic mass is 10.0. The van der Waals surface area contributed by atoms with Crippen molar-refractivity contribution in [1.29, 1.82) is 0 Å². The summed E-state index contributed by atoms with van der Waals surface area (Å²) >= 11 is 0. The minimum Gasteiger partial charge on any atom is -0.309 e. The minimum atomic E-state index is 0.627. The maximum atomic E-state index is 4.54. The van der Waals surface area contributed by atoms with Crippen LogP contribution in [-0.2, 0) is 0 Å². The van der Waals surface area contributed by atoms with Crippen LogP contribution in [0.5, 0.6) is 0 Å². The number of aliphatic imine (C=N–C) groups is 1. The van der Waals surface area contributed by atoms with E-state index in [1.807, 2.05) is 0 Å². The third-order valence-electron chi connectivity index (χ3n) is 2.08. The Balaban J connectivity index is 2.15. The molecule has 50 valence electrons. The van der Waals surface area contributed by atoms with E-state index in [1.165, 1.54) is 25.0 Å². The zero-order valence-electron chi connectivity index (χ0n) is 5.56. The molecule has 0 saturated carbocycles. The van der Waals surface area contributed by atoms with Crippen LogP contribution in [0.1, 0.15) is 19.3 Å². The topological polar surface area (TPSA) is 24.4 Å². The largest absolute Gasteiger partial charge is 0.309 e. The van der Waals surface area contributed by atoms with Crippen LogP contribution in [0, 0.1) is 0 Å². The van der Waals surface area contributed by atoms with Gasteiger partial charge in [-0.1, -0.05) is 0 Å². The monoisotopic (exact) mass is 124 g/mol. The molecule has 2 heterocycles. The molecule has 0 aliphatic carbocycles. The van der Waals surface area contributed by atoms with Crippen molar-refractivity contribution in [2.24, 2.45) is 4.99 Å². The Bertz CT molecular complexity index is 128. The van der Waals surface area contributed by atoms with Crippen molar-refractivity contribution < 1.29 is 0 Å². The Labute approximate surface area is 55.4 Å². The van der Waals surface area contributed by atoms with Gasteiger partial charge in [0, 0.05) is 18.8 Å². The van der Waals surface area contributed by atoms with E-state index in [-0.39, 0.29) is 0 Å². The molecule has 0 fully saturated rings. The van der Waals surface area contributed by atoms with Gasteiger partial charge >= 0.3 is 0 Å². The molecule has 1 atom stereocenters. The van der Waals surface area contributed by atoms with E-state index in [0.29, 0.717) is 6.04 Å². The van der Waals surface area contributed by atoms with Crippen LogP contribution in [0.4, 0.5) is 0 Å². The Morgan fingerprint density at radius 3 is 3.33 bits per heavy atom. The van der Waals surface area contributed by atoms with Gasteiger partial charge in [-0.05, 0) is 19.3 Å². The molecule has 2 bridgehead atoms. The fourth-order valence-corrected chi connectivity index (χ4v) is 1.59. The summed E-state index contributed by atoms with van der Waals surface area (Å²) in [4.78, 5) is 4.54. The van der Waals surface area contributed by atoms with Crippen molar-refractivity contribution in [3.8, 4) is 0 Å². The van der Waals surface area contributed by atoms with Gasteiger partial charge < -0.3 is 5.32 Å². The summed E-state index contributed by atoms with van der Waals surface area (Å²) in [5.41, 5.74) is 1.40. The predicted molar refractivity (Wildman–Crippen MR) is 37.9 cm³/mol. The number of nitrogens with one attached hydrogen (secondary N) is 1. The highest BCUT2D eigenvalue weighted by Crippen LogP contribution is 2.14. The third-order valence-corrected chi connectivity index (χ3v) is 2.08.